The predicted octanol–water partition coefficient (Wildman–Crippen LogP) is 3.32. The third-order valence-corrected chi connectivity index (χ3v) is 2.96. The average molecular weight is 308 g/mol. The number of rotatable bonds is 4. The van der Waals surface area contributed by atoms with E-state index < -0.39 is 6.10 Å². The van der Waals surface area contributed by atoms with Crippen molar-refractivity contribution in [3.63, 3.8) is 0 Å². The maximum atomic E-state index is 10.3. The summed E-state index contributed by atoms with van der Waals surface area (Å²) >= 11 is 3.34. The Bertz CT molecular complexity index is 531. The molecule has 4 heteroatoms. The fourth-order valence-electron chi connectivity index (χ4n) is 1.71. The highest BCUT2D eigenvalue weighted by Gasteiger charge is 2.11. The van der Waals surface area contributed by atoms with Crippen LogP contribution in [-0.2, 0) is 0 Å². The molecule has 3 nitrogen and oxygen atoms in total. The number of ether oxygens (including phenoxy) is 1. The number of aliphatic hydroxyl groups excluding tert-OH is 1. The second kappa shape index (κ2) is 5.98. The molecule has 0 saturated carbocycles. The van der Waals surface area contributed by atoms with Crippen LogP contribution in [-0.4, -0.2) is 16.7 Å². The van der Waals surface area contributed by atoms with Gasteiger partial charge in [0.25, 0.3) is 0 Å². The summed E-state index contributed by atoms with van der Waals surface area (Å²) in [5.74, 6) is 0.761. The Kier molecular flexibility index (Phi) is 4.33. The van der Waals surface area contributed by atoms with Crippen molar-refractivity contribution in [3.05, 3.63) is 58.3 Å². The summed E-state index contributed by atoms with van der Waals surface area (Å²) < 4.78 is 6.27. The van der Waals surface area contributed by atoms with Crippen LogP contribution in [0.1, 0.15) is 24.2 Å². The van der Waals surface area contributed by atoms with Crippen LogP contribution in [0, 0.1) is 0 Å². The van der Waals surface area contributed by atoms with Gasteiger partial charge in [0.15, 0.2) is 0 Å². The van der Waals surface area contributed by atoms with Crippen LogP contribution in [0.25, 0.3) is 0 Å². The minimum Gasteiger partial charge on any atom is -0.494 e. The molecule has 2 rings (SSSR count). The van der Waals surface area contributed by atoms with Gasteiger partial charge in [0.1, 0.15) is 11.9 Å². The SMILES string of the molecule is CCOc1cccc(C(O)c2cncc(Br)c2)c1. The Morgan fingerprint density at radius 2 is 2.11 bits per heavy atom. The first-order valence-corrected chi connectivity index (χ1v) is 6.51. The zero-order valence-electron chi connectivity index (χ0n) is 10.0. The normalized spacial score (nSPS) is 12.2. The van der Waals surface area contributed by atoms with Crippen molar-refractivity contribution in [3.8, 4) is 5.75 Å². The average Bonchev–Trinajstić information content (AvgIpc) is 2.39. The molecular formula is C14H14BrNO2. The standard InChI is InChI=1S/C14H14BrNO2/c1-2-18-13-5-3-4-10(7-13)14(17)11-6-12(15)9-16-8-11/h3-9,14,17H,2H2,1H3. The molecule has 0 amide bonds. The molecule has 0 radical (unpaired) electrons. The Balaban J connectivity index is 2.27. The summed E-state index contributed by atoms with van der Waals surface area (Å²) in [5, 5.41) is 10.3. The Morgan fingerprint density at radius 1 is 1.28 bits per heavy atom. The largest absolute Gasteiger partial charge is 0.494 e. The molecule has 94 valence electrons. The first-order chi connectivity index (χ1) is 8.70. The minimum atomic E-state index is -0.699. The Hall–Kier alpha value is -1.39. The number of halogens is 1. The lowest BCUT2D eigenvalue weighted by Gasteiger charge is -2.12. The van der Waals surface area contributed by atoms with Crippen molar-refractivity contribution < 1.29 is 9.84 Å². The highest BCUT2D eigenvalue weighted by atomic mass is 79.9. The number of aliphatic hydroxyl groups is 1. The van der Waals surface area contributed by atoms with Crippen molar-refractivity contribution in [1.82, 2.24) is 4.98 Å². The van der Waals surface area contributed by atoms with Crippen molar-refractivity contribution >= 4 is 15.9 Å². The van der Waals surface area contributed by atoms with E-state index in [1.165, 1.54) is 0 Å². The number of hydrogen-bond acceptors (Lipinski definition) is 3. The van der Waals surface area contributed by atoms with Gasteiger partial charge in [-0.1, -0.05) is 12.1 Å². The van der Waals surface area contributed by atoms with E-state index in [0.29, 0.717) is 6.61 Å². The van der Waals surface area contributed by atoms with Gasteiger partial charge < -0.3 is 9.84 Å². The van der Waals surface area contributed by atoms with Gasteiger partial charge in [0.2, 0.25) is 0 Å². The molecule has 1 atom stereocenters. The molecule has 1 aromatic heterocycles. The smallest absolute Gasteiger partial charge is 0.119 e. The van der Waals surface area contributed by atoms with E-state index in [0.717, 1.165) is 21.3 Å². The van der Waals surface area contributed by atoms with Gasteiger partial charge in [-0.15, -0.1) is 0 Å². The maximum absolute atomic E-state index is 10.3. The lowest BCUT2D eigenvalue weighted by atomic mass is 10.0. The fourth-order valence-corrected chi connectivity index (χ4v) is 2.09. The number of hydrogen-bond donors (Lipinski definition) is 1. The summed E-state index contributed by atoms with van der Waals surface area (Å²) in [4.78, 5) is 4.05. The van der Waals surface area contributed by atoms with Crippen molar-refractivity contribution in [2.24, 2.45) is 0 Å². The van der Waals surface area contributed by atoms with Gasteiger partial charge in [-0.05, 0) is 46.6 Å². The molecule has 1 N–H and O–H groups in total. The highest BCUT2D eigenvalue weighted by molar-refractivity contribution is 9.10. The monoisotopic (exact) mass is 307 g/mol. The van der Waals surface area contributed by atoms with Gasteiger partial charge in [0, 0.05) is 22.4 Å². The van der Waals surface area contributed by atoms with E-state index in [1.54, 1.807) is 12.4 Å². The van der Waals surface area contributed by atoms with Crippen LogP contribution >= 0.6 is 15.9 Å². The summed E-state index contributed by atoms with van der Waals surface area (Å²) in [7, 11) is 0. The van der Waals surface area contributed by atoms with E-state index in [4.69, 9.17) is 4.74 Å². The molecule has 0 saturated heterocycles. The van der Waals surface area contributed by atoms with Gasteiger partial charge in [0.05, 0.1) is 6.61 Å². The fraction of sp³-hybridized carbons (Fsp3) is 0.214. The van der Waals surface area contributed by atoms with E-state index in [2.05, 4.69) is 20.9 Å². The lowest BCUT2D eigenvalue weighted by molar-refractivity contribution is 0.219. The van der Waals surface area contributed by atoms with Gasteiger partial charge in [-0.25, -0.2) is 0 Å². The van der Waals surface area contributed by atoms with Crippen LogP contribution in [0.2, 0.25) is 0 Å². The molecular weight excluding hydrogens is 294 g/mol. The van der Waals surface area contributed by atoms with Gasteiger partial charge in [-0.2, -0.15) is 0 Å². The second-order valence-corrected chi connectivity index (χ2v) is 4.76. The first-order valence-electron chi connectivity index (χ1n) is 5.72. The summed E-state index contributed by atoms with van der Waals surface area (Å²) in [6, 6.07) is 9.31. The molecule has 2 aromatic rings. The summed E-state index contributed by atoms with van der Waals surface area (Å²) in [6.45, 7) is 2.54. The van der Waals surface area contributed by atoms with Crippen LogP contribution in [0.3, 0.4) is 0 Å². The third kappa shape index (κ3) is 3.09. The summed E-state index contributed by atoms with van der Waals surface area (Å²) in [5.41, 5.74) is 1.54. The molecule has 0 spiro atoms. The van der Waals surface area contributed by atoms with Crippen molar-refractivity contribution in [2.75, 3.05) is 6.61 Å². The van der Waals surface area contributed by atoms with Crippen LogP contribution < -0.4 is 4.74 Å². The number of pyridine rings is 1. The molecule has 1 unspecified atom stereocenters. The molecule has 0 aliphatic carbocycles. The van der Waals surface area contributed by atoms with Crippen LogP contribution in [0.4, 0.5) is 0 Å². The number of aromatic nitrogens is 1. The molecule has 0 aliphatic heterocycles. The lowest BCUT2D eigenvalue weighted by Crippen LogP contribution is -2.01. The zero-order chi connectivity index (χ0) is 13.0. The van der Waals surface area contributed by atoms with Crippen LogP contribution in [0.15, 0.2) is 47.2 Å². The zero-order valence-corrected chi connectivity index (χ0v) is 11.6. The quantitative estimate of drug-likeness (QED) is 0.942. The second-order valence-electron chi connectivity index (χ2n) is 3.84. The van der Waals surface area contributed by atoms with Gasteiger partial charge >= 0.3 is 0 Å². The number of nitrogens with zero attached hydrogens (tertiary/aromatic N) is 1. The Labute approximate surface area is 115 Å². The molecule has 18 heavy (non-hydrogen) atoms. The van der Waals surface area contributed by atoms with Crippen molar-refractivity contribution in [2.45, 2.75) is 13.0 Å². The molecule has 1 heterocycles. The first kappa shape index (κ1) is 13.1. The van der Waals surface area contributed by atoms with Crippen LogP contribution in [0.5, 0.6) is 5.75 Å². The molecule has 0 bridgehead atoms. The predicted molar refractivity (Wildman–Crippen MR) is 73.6 cm³/mol. The maximum Gasteiger partial charge on any atom is 0.119 e. The van der Waals surface area contributed by atoms with E-state index in [9.17, 15) is 5.11 Å². The third-order valence-electron chi connectivity index (χ3n) is 2.53. The summed E-state index contributed by atoms with van der Waals surface area (Å²) in [6.07, 6.45) is 2.64. The van der Waals surface area contributed by atoms with E-state index >= 15 is 0 Å². The molecule has 0 aliphatic rings. The topological polar surface area (TPSA) is 42.4 Å². The Morgan fingerprint density at radius 3 is 2.83 bits per heavy atom. The van der Waals surface area contributed by atoms with E-state index in [-0.39, 0.29) is 0 Å². The van der Waals surface area contributed by atoms with Gasteiger partial charge in [-0.3, -0.25) is 4.98 Å². The molecule has 1 aromatic carbocycles. The minimum absolute atomic E-state index is 0.609. The highest BCUT2D eigenvalue weighted by Crippen LogP contribution is 2.26. The number of benzene rings is 1. The van der Waals surface area contributed by atoms with Crippen molar-refractivity contribution in [1.29, 1.82) is 0 Å². The van der Waals surface area contributed by atoms with E-state index in [1.807, 2.05) is 37.3 Å². The molecule has 0 fully saturated rings.